The van der Waals surface area contributed by atoms with E-state index in [4.69, 9.17) is 0 Å². The van der Waals surface area contributed by atoms with Crippen molar-refractivity contribution in [1.82, 2.24) is 40.4 Å². The number of hydrogen-bond donors (Lipinski definition) is 1. The third kappa shape index (κ3) is 4.42. The predicted octanol–water partition coefficient (Wildman–Crippen LogP) is 0.574. The summed E-state index contributed by atoms with van der Waals surface area (Å²) in [7, 11) is 0. The van der Waals surface area contributed by atoms with Gasteiger partial charge in [0, 0.05) is 51.4 Å². The molecule has 0 radical (unpaired) electrons. The predicted molar refractivity (Wildman–Crippen MR) is 102 cm³/mol. The number of aromatic nitrogens is 6. The molecule has 4 heterocycles. The third-order valence-corrected chi connectivity index (χ3v) is 4.81. The standard InChI is InChI=1S/C19H20N8O2/c28-18(7-6-17-22-24-25-23-17)26-9-11-27(12-10-26)19(29)14-4-5-16(21-13-14)15-3-1-2-8-20-15/h1-5,8,13H,6-7,9-12H2,(H,22,23,24,25). The van der Waals surface area contributed by atoms with E-state index in [0.29, 0.717) is 50.4 Å². The fraction of sp³-hybridized carbons (Fsp3) is 0.316. The molecule has 148 valence electrons. The Hall–Kier alpha value is -3.69. The van der Waals surface area contributed by atoms with Gasteiger partial charge in [0.1, 0.15) is 0 Å². The van der Waals surface area contributed by atoms with E-state index < -0.39 is 0 Å². The first-order valence-electron chi connectivity index (χ1n) is 9.37. The SMILES string of the molecule is O=C(CCc1nn[nH]n1)N1CCN(C(=O)c2ccc(-c3ccccn3)nc2)CC1. The molecule has 29 heavy (non-hydrogen) atoms. The summed E-state index contributed by atoms with van der Waals surface area (Å²) in [6.45, 7) is 2.01. The Morgan fingerprint density at radius 2 is 1.76 bits per heavy atom. The van der Waals surface area contributed by atoms with E-state index in [1.165, 1.54) is 0 Å². The smallest absolute Gasteiger partial charge is 0.255 e. The van der Waals surface area contributed by atoms with E-state index in [1.54, 1.807) is 34.3 Å². The quantitative estimate of drug-likeness (QED) is 0.674. The second kappa shape index (κ2) is 8.55. The van der Waals surface area contributed by atoms with Crippen LogP contribution in [0.2, 0.25) is 0 Å². The van der Waals surface area contributed by atoms with Crippen LogP contribution < -0.4 is 0 Å². The number of piperazine rings is 1. The van der Waals surface area contributed by atoms with Crippen LogP contribution in [0.4, 0.5) is 0 Å². The first-order chi connectivity index (χ1) is 14.2. The van der Waals surface area contributed by atoms with Crippen molar-refractivity contribution in [2.75, 3.05) is 26.2 Å². The molecule has 0 unspecified atom stereocenters. The van der Waals surface area contributed by atoms with Crippen molar-refractivity contribution < 1.29 is 9.59 Å². The molecule has 1 aliphatic heterocycles. The van der Waals surface area contributed by atoms with E-state index in [0.717, 1.165) is 11.4 Å². The minimum absolute atomic E-state index is 0.0308. The van der Waals surface area contributed by atoms with Gasteiger partial charge in [-0.2, -0.15) is 5.21 Å². The van der Waals surface area contributed by atoms with E-state index in [9.17, 15) is 9.59 Å². The first kappa shape index (κ1) is 18.7. The summed E-state index contributed by atoms with van der Waals surface area (Å²) in [5.41, 5.74) is 2.01. The van der Waals surface area contributed by atoms with Gasteiger partial charge in [0.15, 0.2) is 5.82 Å². The topological polar surface area (TPSA) is 121 Å². The van der Waals surface area contributed by atoms with Crippen molar-refractivity contribution in [2.24, 2.45) is 0 Å². The molecule has 0 spiro atoms. The lowest BCUT2D eigenvalue weighted by Gasteiger charge is -2.34. The van der Waals surface area contributed by atoms with Crippen molar-refractivity contribution in [2.45, 2.75) is 12.8 Å². The molecule has 10 heteroatoms. The number of aryl methyl sites for hydroxylation is 1. The number of carbonyl (C=O) groups excluding carboxylic acids is 2. The molecule has 3 aromatic rings. The van der Waals surface area contributed by atoms with Crippen LogP contribution in [0.1, 0.15) is 22.6 Å². The van der Waals surface area contributed by atoms with Gasteiger partial charge < -0.3 is 9.80 Å². The minimum atomic E-state index is -0.0797. The lowest BCUT2D eigenvalue weighted by molar-refractivity contribution is -0.132. The van der Waals surface area contributed by atoms with Crippen molar-refractivity contribution in [3.8, 4) is 11.4 Å². The molecule has 0 saturated carbocycles. The number of rotatable bonds is 5. The highest BCUT2D eigenvalue weighted by atomic mass is 16.2. The number of tetrazole rings is 1. The second-order valence-electron chi connectivity index (χ2n) is 6.65. The summed E-state index contributed by atoms with van der Waals surface area (Å²) in [5, 5.41) is 13.5. The third-order valence-electron chi connectivity index (χ3n) is 4.81. The molecule has 0 atom stereocenters. The molecule has 1 N–H and O–H groups in total. The molecular formula is C19H20N8O2. The molecule has 3 aromatic heterocycles. The van der Waals surface area contributed by atoms with Crippen LogP contribution in [0.5, 0.6) is 0 Å². The fourth-order valence-electron chi connectivity index (χ4n) is 3.19. The summed E-state index contributed by atoms with van der Waals surface area (Å²) < 4.78 is 0. The summed E-state index contributed by atoms with van der Waals surface area (Å²) >= 11 is 0. The lowest BCUT2D eigenvalue weighted by atomic mass is 10.1. The Labute approximate surface area is 167 Å². The number of nitrogens with one attached hydrogen (secondary N) is 1. The van der Waals surface area contributed by atoms with Crippen molar-refractivity contribution >= 4 is 11.8 Å². The molecule has 1 fully saturated rings. The molecule has 10 nitrogen and oxygen atoms in total. The van der Waals surface area contributed by atoms with Gasteiger partial charge in [-0.25, -0.2) is 0 Å². The molecule has 0 bridgehead atoms. The van der Waals surface area contributed by atoms with Gasteiger partial charge >= 0.3 is 0 Å². The summed E-state index contributed by atoms with van der Waals surface area (Å²) in [6, 6.07) is 9.18. The molecule has 2 amide bonds. The van der Waals surface area contributed by atoms with E-state index in [-0.39, 0.29) is 11.8 Å². The fourth-order valence-corrected chi connectivity index (χ4v) is 3.19. The highest BCUT2D eigenvalue weighted by Crippen LogP contribution is 2.15. The first-order valence-corrected chi connectivity index (χ1v) is 9.37. The second-order valence-corrected chi connectivity index (χ2v) is 6.65. The Kier molecular flexibility index (Phi) is 5.50. The highest BCUT2D eigenvalue weighted by molar-refractivity contribution is 5.94. The van der Waals surface area contributed by atoms with Gasteiger partial charge in [-0.05, 0) is 24.3 Å². The van der Waals surface area contributed by atoms with Crippen LogP contribution in [-0.2, 0) is 11.2 Å². The average molecular weight is 392 g/mol. The number of aromatic amines is 1. The maximum Gasteiger partial charge on any atom is 0.255 e. The number of carbonyl (C=O) groups is 2. The van der Waals surface area contributed by atoms with E-state index >= 15 is 0 Å². The van der Waals surface area contributed by atoms with Gasteiger partial charge in [-0.3, -0.25) is 19.6 Å². The summed E-state index contributed by atoms with van der Waals surface area (Å²) in [4.78, 5) is 37.2. The molecule has 1 saturated heterocycles. The maximum absolute atomic E-state index is 12.7. The van der Waals surface area contributed by atoms with Crippen LogP contribution in [0.15, 0.2) is 42.7 Å². The van der Waals surface area contributed by atoms with Gasteiger partial charge in [-0.15, -0.1) is 10.2 Å². The zero-order valence-electron chi connectivity index (χ0n) is 15.7. The lowest BCUT2D eigenvalue weighted by Crippen LogP contribution is -2.50. The maximum atomic E-state index is 12.7. The van der Waals surface area contributed by atoms with Gasteiger partial charge in [0.25, 0.3) is 5.91 Å². The molecule has 4 rings (SSSR count). The van der Waals surface area contributed by atoms with Crippen molar-refractivity contribution in [3.05, 3.63) is 54.1 Å². The Balaban J connectivity index is 1.30. The van der Waals surface area contributed by atoms with Gasteiger partial charge in [0.2, 0.25) is 5.91 Å². The molecule has 0 aliphatic carbocycles. The van der Waals surface area contributed by atoms with Gasteiger partial charge in [0.05, 0.1) is 17.0 Å². The zero-order chi connectivity index (χ0) is 20.1. The Morgan fingerprint density at radius 1 is 0.966 bits per heavy atom. The number of amides is 2. The summed E-state index contributed by atoms with van der Waals surface area (Å²) in [5.74, 6) is 0.473. The normalized spacial score (nSPS) is 14.1. The molecule has 0 aromatic carbocycles. The number of nitrogens with zero attached hydrogens (tertiary/aromatic N) is 7. The molecule has 1 aliphatic rings. The van der Waals surface area contributed by atoms with E-state index in [2.05, 4.69) is 30.6 Å². The van der Waals surface area contributed by atoms with Crippen molar-refractivity contribution in [3.63, 3.8) is 0 Å². The van der Waals surface area contributed by atoms with E-state index in [1.807, 2.05) is 18.2 Å². The van der Waals surface area contributed by atoms with Crippen LogP contribution in [0.3, 0.4) is 0 Å². The van der Waals surface area contributed by atoms with Crippen LogP contribution in [-0.4, -0.2) is 78.4 Å². The van der Waals surface area contributed by atoms with Crippen molar-refractivity contribution in [1.29, 1.82) is 0 Å². The van der Waals surface area contributed by atoms with Crippen LogP contribution in [0.25, 0.3) is 11.4 Å². The minimum Gasteiger partial charge on any atom is -0.339 e. The molecular weight excluding hydrogens is 372 g/mol. The number of pyridine rings is 2. The van der Waals surface area contributed by atoms with Gasteiger partial charge in [-0.1, -0.05) is 11.3 Å². The zero-order valence-corrected chi connectivity index (χ0v) is 15.7. The number of hydrogen-bond acceptors (Lipinski definition) is 7. The Morgan fingerprint density at radius 3 is 2.41 bits per heavy atom. The monoisotopic (exact) mass is 392 g/mol. The highest BCUT2D eigenvalue weighted by Gasteiger charge is 2.25. The largest absolute Gasteiger partial charge is 0.339 e. The van der Waals surface area contributed by atoms with Crippen LogP contribution in [0, 0.1) is 0 Å². The number of H-pyrrole nitrogens is 1. The summed E-state index contributed by atoms with van der Waals surface area (Å²) in [6.07, 6.45) is 4.06. The Bertz CT molecular complexity index is 952. The van der Waals surface area contributed by atoms with Crippen LogP contribution >= 0.6 is 0 Å². The average Bonchev–Trinajstić information content (AvgIpc) is 3.31.